The predicted octanol–water partition coefficient (Wildman–Crippen LogP) is 4.90. The highest BCUT2D eigenvalue weighted by Crippen LogP contribution is 2.46. The second-order valence-corrected chi connectivity index (χ2v) is 7.39. The van der Waals surface area contributed by atoms with Gasteiger partial charge in [0.2, 0.25) is 0 Å². The van der Waals surface area contributed by atoms with Crippen molar-refractivity contribution in [2.75, 3.05) is 13.1 Å². The molecule has 1 aromatic carbocycles. The van der Waals surface area contributed by atoms with Gasteiger partial charge in [-0.3, -0.25) is 0 Å². The summed E-state index contributed by atoms with van der Waals surface area (Å²) >= 11 is 0. The summed E-state index contributed by atoms with van der Waals surface area (Å²) in [6.45, 7) is 11.6. The van der Waals surface area contributed by atoms with Crippen molar-refractivity contribution in [2.45, 2.75) is 59.3 Å². The Kier molecular flexibility index (Phi) is 5.26. The van der Waals surface area contributed by atoms with Crippen molar-refractivity contribution in [3.8, 4) is 0 Å². The van der Waals surface area contributed by atoms with E-state index < -0.39 is 0 Å². The molecule has 1 N–H and O–H groups in total. The maximum atomic E-state index is 3.64. The largest absolute Gasteiger partial charge is 0.316 e. The first-order valence-electron chi connectivity index (χ1n) is 8.29. The predicted molar refractivity (Wildman–Crippen MR) is 88.2 cm³/mol. The fourth-order valence-corrected chi connectivity index (χ4v) is 3.55. The van der Waals surface area contributed by atoms with Gasteiger partial charge in [0.05, 0.1) is 0 Å². The first-order chi connectivity index (χ1) is 9.52. The second-order valence-electron chi connectivity index (χ2n) is 7.39. The van der Waals surface area contributed by atoms with E-state index in [0.29, 0.717) is 5.41 Å². The molecule has 0 saturated heterocycles. The standard InChI is InChI=1S/C19H31N/c1-5-12-20-14-17-10-11-19(3,4)13-18(17)16-8-6-15(2)7-9-16/h6-9,17-18,20H,5,10-14H2,1-4H3. The lowest BCUT2D eigenvalue weighted by molar-refractivity contribution is 0.160. The molecule has 0 aliphatic heterocycles. The zero-order valence-electron chi connectivity index (χ0n) is 13.7. The molecule has 1 aliphatic rings. The summed E-state index contributed by atoms with van der Waals surface area (Å²) in [6.07, 6.45) is 5.29. The number of aryl methyl sites for hydroxylation is 1. The van der Waals surface area contributed by atoms with Gasteiger partial charge in [-0.05, 0) is 68.5 Å². The van der Waals surface area contributed by atoms with Gasteiger partial charge in [-0.2, -0.15) is 0 Å². The van der Waals surface area contributed by atoms with Crippen LogP contribution >= 0.6 is 0 Å². The van der Waals surface area contributed by atoms with E-state index in [1.165, 1.54) is 37.8 Å². The summed E-state index contributed by atoms with van der Waals surface area (Å²) < 4.78 is 0. The van der Waals surface area contributed by atoms with E-state index in [2.05, 4.69) is 57.3 Å². The molecule has 1 saturated carbocycles. The molecule has 0 bridgehead atoms. The van der Waals surface area contributed by atoms with Crippen LogP contribution in [0.3, 0.4) is 0 Å². The average molecular weight is 273 g/mol. The van der Waals surface area contributed by atoms with E-state index in [1.54, 1.807) is 5.56 Å². The van der Waals surface area contributed by atoms with Crippen molar-refractivity contribution in [3.05, 3.63) is 35.4 Å². The average Bonchev–Trinajstić information content (AvgIpc) is 2.41. The van der Waals surface area contributed by atoms with Crippen LogP contribution in [0.5, 0.6) is 0 Å². The van der Waals surface area contributed by atoms with Crippen molar-refractivity contribution in [2.24, 2.45) is 11.3 Å². The van der Waals surface area contributed by atoms with Crippen LogP contribution in [0, 0.1) is 18.3 Å². The van der Waals surface area contributed by atoms with Crippen LogP contribution in [-0.4, -0.2) is 13.1 Å². The van der Waals surface area contributed by atoms with Gasteiger partial charge in [-0.25, -0.2) is 0 Å². The van der Waals surface area contributed by atoms with E-state index in [4.69, 9.17) is 0 Å². The summed E-state index contributed by atoms with van der Waals surface area (Å²) in [5, 5.41) is 3.64. The number of nitrogens with one attached hydrogen (secondary N) is 1. The Labute approximate surface area is 125 Å². The molecule has 1 heteroatoms. The van der Waals surface area contributed by atoms with Gasteiger partial charge in [-0.15, -0.1) is 0 Å². The van der Waals surface area contributed by atoms with Crippen molar-refractivity contribution < 1.29 is 0 Å². The van der Waals surface area contributed by atoms with Gasteiger partial charge < -0.3 is 5.32 Å². The molecule has 1 nitrogen and oxygen atoms in total. The van der Waals surface area contributed by atoms with E-state index in [0.717, 1.165) is 18.4 Å². The van der Waals surface area contributed by atoms with E-state index >= 15 is 0 Å². The third-order valence-electron chi connectivity index (χ3n) is 4.87. The normalized spacial score (nSPS) is 25.6. The van der Waals surface area contributed by atoms with Gasteiger partial charge in [0, 0.05) is 0 Å². The minimum absolute atomic E-state index is 0.497. The number of hydrogen-bond donors (Lipinski definition) is 1. The molecule has 1 aromatic rings. The summed E-state index contributed by atoms with van der Waals surface area (Å²) in [7, 11) is 0. The molecule has 0 radical (unpaired) electrons. The molecule has 20 heavy (non-hydrogen) atoms. The van der Waals surface area contributed by atoms with Gasteiger partial charge in [0.15, 0.2) is 0 Å². The van der Waals surface area contributed by atoms with Crippen LogP contribution < -0.4 is 5.32 Å². The molecular formula is C19H31N. The van der Waals surface area contributed by atoms with E-state index in [9.17, 15) is 0 Å². The summed E-state index contributed by atoms with van der Waals surface area (Å²) in [4.78, 5) is 0. The molecule has 0 heterocycles. The minimum atomic E-state index is 0.497. The number of hydrogen-bond acceptors (Lipinski definition) is 1. The van der Waals surface area contributed by atoms with Crippen LogP contribution in [0.1, 0.15) is 63.5 Å². The topological polar surface area (TPSA) is 12.0 Å². The fraction of sp³-hybridized carbons (Fsp3) is 0.684. The summed E-state index contributed by atoms with van der Waals surface area (Å²) in [5.41, 5.74) is 3.41. The van der Waals surface area contributed by atoms with Gasteiger partial charge in [0.1, 0.15) is 0 Å². The van der Waals surface area contributed by atoms with Crippen LogP contribution in [0.2, 0.25) is 0 Å². The Hall–Kier alpha value is -0.820. The fourth-order valence-electron chi connectivity index (χ4n) is 3.55. The minimum Gasteiger partial charge on any atom is -0.316 e. The third-order valence-corrected chi connectivity index (χ3v) is 4.87. The van der Waals surface area contributed by atoms with E-state index in [-0.39, 0.29) is 0 Å². The molecule has 1 aliphatic carbocycles. The number of rotatable bonds is 5. The zero-order chi connectivity index (χ0) is 14.6. The molecule has 1 fully saturated rings. The highest BCUT2D eigenvalue weighted by Gasteiger charge is 2.35. The Morgan fingerprint density at radius 2 is 1.90 bits per heavy atom. The quantitative estimate of drug-likeness (QED) is 0.752. The summed E-state index contributed by atoms with van der Waals surface area (Å²) in [6, 6.07) is 9.25. The molecule has 112 valence electrons. The second kappa shape index (κ2) is 6.76. The molecule has 2 unspecified atom stereocenters. The molecule has 0 spiro atoms. The maximum absolute atomic E-state index is 3.64. The zero-order valence-corrected chi connectivity index (χ0v) is 13.7. The Balaban J connectivity index is 2.11. The highest BCUT2D eigenvalue weighted by atomic mass is 14.9. The van der Waals surface area contributed by atoms with Gasteiger partial charge in [-0.1, -0.05) is 50.6 Å². The lowest BCUT2D eigenvalue weighted by atomic mass is 9.65. The van der Waals surface area contributed by atoms with Crippen LogP contribution in [0.4, 0.5) is 0 Å². The SMILES string of the molecule is CCCNCC1CCC(C)(C)CC1c1ccc(C)cc1. The van der Waals surface area contributed by atoms with Crippen LogP contribution in [0.25, 0.3) is 0 Å². The third kappa shape index (κ3) is 4.09. The van der Waals surface area contributed by atoms with E-state index in [1.807, 2.05) is 0 Å². The Morgan fingerprint density at radius 3 is 2.55 bits per heavy atom. The lowest BCUT2D eigenvalue weighted by Gasteiger charge is -2.41. The van der Waals surface area contributed by atoms with Crippen molar-refractivity contribution >= 4 is 0 Å². The van der Waals surface area contributed by atoms with Crippen LogP contribution in [-0.2, 0) is 0 Å². The first-order valence-corrected chi connectivity index (χ1v) is 8.29. The van der Waals surface area contributed by atoms with Crippen molar-refractivity contribution in [1.29, 1.82) is 0 Å². The smallest absolute Gasteiger partial charge is 0.00147 e. The lowest BCUT2D eigenvalue weighted by Crippen LogP contribution is -2.35. The van der Waals surface area contributed by atoms with Gasteiger partial charge >= 0.3 is 0 Å². The highest BCUT2D eigenvalue weighted by molar-refractivity contribution is 5.26. The van der Waals surface area contributed by atoms with Crippen molar-refractivity contribution in [3.63, 3.8) is 0 Å². The van der Waals surface area contributed by atoms with Gasteiger partial charge in [0.25, 0.3) is 0 Å². The monoisotopic (exact) mass is 273 g/mol. The molecule has 2 atom stereocenters. The maximum Gasteiger partial charge on any atom is -0.00147 e. The first kappa shape index (κ1) is 15.6. The molecule has 0 aromatic heterocycles. The Bertz CT molecular complexity index is 404. The van der Waals surface area contributed by atoms with Crippen molar-refractivity contribution in [1.82, 2.24) is 5.32 Å². The molecule has 0 amide bonds. The Morgan fingerprint density at radius 1 is 1.20 bits per heavy atom. The number of benzene rings is 1. The molecular weight excluding hydrogens is 242 g/mol. The summed E-state index contributed by atoms with van der Waals surface area (Å²) in [5.74, 6) is 1.53. The van der Waals surface area contributed by atoms with Crippen LogP contribution in [0.15, 0.2) is 24.3 Å². The molecule has 2 rings (SSSR count).